The number of halogens is 2. The van der Waals surface area contributed by atoms with Gasteiger partial charge in [-0.05, 0) is 37.1 Å². The van der Waals surface area contributed by atoms with E-state index in [1.54, 1.807) is 6.07 Å². The maximum absolute atomic E-state index is 6.13. The van der Waals surface area contributed by atoms with Crippen molar-refractivity contribution in [1.82, 2.24) is 4.98 Å². The summed E-state index contributed by atoms with van der Waals surface area (Å²) in [6, 6.07) is 7.58. The number of nitrogens with two attached hydrogens (primary N) is 1. The molecule has 2 rings (SSSR count). The zero-order chi connectivity index (χ0) is 12.4. The number of fused-ring (bicyclic) bond motifs is 1. The molecule has 1 aromatic heterocycles. The summed E-state index contributed by atoms with van der Waals surface area (Å²) in [5, 5.41) is 2.19. The van der Waals surface area contributed by atoms with Crippen LogP contribution < -0.4 is 5.73 Å². The van der Waals surface area contributed by atoms with Crippen molar-refractivity contribution in [2.45, 2.75) is 13.3 Å². The SMILES string of the molecule is CC(CN)Cc1ccc2cc(Cl)cc(Cl)c2n1. The second-order valence-electron chi connectivity index (χ2n) is 4.31. The Morgan fingerprint density at radius 3 is 2.76 bits per heavy atom. The first kappa shape index (κ1) is 12.6. The quantitative estimate of drug-likeness (QED) is 0.923. The molecule has 17 heavy (non-hydrogen) atoms. The van der Waals surface area contributed by atoms with Crippen molar-refractivity contribution in [1.29, 1.82) is 0 Å². The Morgan fingerprint density at radius 1 is 1.29 bits per heavy atom. The van der Waals surface area contributed by atoms with E-state index in [1.165, 1.54) is 0 Å². The second kappa shape index (κ2) is 5.21. The summed E-state index contributed by atoms with van der Waals surface area (Å²) in [7, 11) is 0. The maximum atomic E-state index is 6.13. The van der Waals surface area contributed by atoms with Gasteiger partial charge in [0.1, 0.15) is 0 Å². The van der Waals surface area contributed by atoms with E-state index in [2.05, 4.69) is 11.9 Å². The van der Waals surface area contributed by atoms with Crippen molar-refractivity contribution >= 4 is 34.1 Å². The number of aromatic nitrogens is 1. The molecule has 0 aliphatic rings. The molecule has 0 spiro atoms. The van der Waals surface area contributed by atoms with Crippen LogP contribution in [-0.4, -0.2) is 11.5 Å². The van der Waals surface area contributed by atoms with Gasteiger partial charge >= 0.3 is 0 Å². The maximum Gasteiger partial charge on any atom is 0.0892 e. The Hall–Kier alpha value is -0.830. The van der Waals surface area contributed by atoms with E-state index < -0.39 is 0 Å². The molecular weight excluding hydrogens is 255 g/mol. The molecule has 1 heterocycles. The van der Waals surface area contributed by atoms with Crippen molar-refractivity contribution < 1.29 is 0 Å². The molecule has 0 aliphatic heterocycles. The van der Waals surface area contributed by atoms with E-state index in [4.69, 9.17) is 28.9 Å². The lowest BCUT2D eigenvalue weighted by Gasteiger charge is -2.09. The van der Waals surface area contributed by atoms with E-state index in [1.807, 2.05) is 18.2 Å². The minimum Gasteiger partial charge on any atom is -0.330 e. The van der Waals surface area contributed by atoms with E-state index in [-0.39, 0.29) is 0 Å². The molecule has 2 N–H and O–H groups in total. The van der Waals surface area contributed by atoms with Gasteiger partial charge in [-0.3, -0.25) is 4.98 Å². The van der Waals surface area contributed by atoms with Crippen molar-refractivity contribution in [3.63, 3.8) is 0 Å². The molecule has 0 amide bonds. The fourth-order valence-electron chi connectivity index (χ4n) is 1.75. The molecule has 0 radical (unpaired) electrons. The number of rotatable bonds is 3. The predicted molar refractivity (Wildman–Crippen MR) is 73.7 cm³/mol. The molecule has 1 atom stereocenters. The van der Waals surface area contributed by atoms with Crippen LogP contribution in [0.3, 0.4) is 0 Å². The molecule has 0 saturated heterocycles. The second-order valence-corrected chi connectivity index (χ2v) is 5.15. The van der Waals surface area contributed by atoms with Crippen molar-refractivity contribution in [3.05, 3.63) is 40.0 Å². The van der Waals surface area contributed by atoms with E-state index >= 15 is 0 Å². The molecule has 1 aromatic carbocycles. The van der Waals surface area contributed by atoms with Gasteiger partial charge in [-0.25, -0.2) is 0 Å². The highest BCUT2D eigenvalue weighted by Gasteiger charge is 2.07. The van der Waals surface area contributed by atoms with Gasteiger partial charge in [0.2, 0.25) is 0 Å². The minimum atomic E-state index is 0.422. The van der Waals surface area contributed by atoms with Gasteiger partial charge in [-0.15, -0.1) is 0 Å². The molecule has 2 aromatic rings. The van der Waals surface area contributed by atoms with Gasteiger partial charge in [0, 0.05) is 16.1 Å². The lowest BCUT2D eigenvalue weighted by molar-refractivity contribution is 0.585. The third-order valence-electron chi connectivity index (χ3n) is 2.73. The number of nitrogens with zero attached hydrogens (tertiary/aromatic N) is 1. The van der Waals surface area contributed by atoms with Crippen LogP contribution in [0.25, 0.3) is 10.9 Å². The summed E-state index contributed by atoms with van der Waals surface area (Å²) in [4.78, 5) is 4.56. The summed E-state index contributed by atoms with van der Waals surface area (Å²) in [6.07, 6.45) is 0.866. The first-order valence-corrected chi connectivity index (χ1v) is 6.30. The topological polar surface area (TPSA) is 38.9 Å². The third-order valence-corrected chi connectivity index (χ3v) is 3.23. The van der Waals surface area contributed by atoms with Crippen molar-refractivity contribution in [2.75, 3.05) is 6.54 Å². The number of benzene rings is 1. The standard InChI is InChI=1S/C13H14Cl2N2/c1-8(7-16)4-11-3-2-9-5-10(14)6-12(15)13(9)17-11/h2-3,5-6,8H,4,7,16H2,1H3. The summed E-state index contributed by atoms with van der Waals surface area (Å²) < 4.78 is 0. The Labute approximate surface area is 111 Å². The molecule has 4 heteroatoms. The summed E-state index contributed by atoms with van der Waals surface area (Å²) >= 11 is 12.1. The van der Waals surface area contributed by atoms with Crippen LogP contribution in [0, 0.1) is 5.92 Å². The average molecular weight is 269 g/mol. The predicted octanol–water partition coefficient (Wildman–Crippen LogP) is 3.68. The van der Waals surface area contributed by atoms with Crippen molar-refractivity contribution in [3.8, 4) is 0 Å². The molecule has 2 nitrogen and oxygen atoms in total. The highest BCUT2D eigenvalue weighted by molar-refractivity contribution is 6.38. The van der Waals surface area contributed by atoms with Crippen LogP contribution in [0.2, 0.25) is 10.0 Å². The highest BCUT2D eigenvalue weighted by atomic mass is 35.5. The fourth-order valence-corrected chi connectivity index (χ4v) is 2.30. The first-order valence-electron chi connectivity index (χ1n) is 5.55. The number of hydrogen-bond acceptors (Lipinski definition) is 2. The number of pyridine rings is 1. The molecule has 0 bridgehead atoms. The van der Waals surface area contributed by atoms with E-state index in [0.29, 0.717) is 22.5 Å². The van der Waals surface area contributed by atoms with Crippen LogP contribution in [0.1, 0.15) is 12.6 Å². The minimum absolute atomic E-state index is 0.422. The van der Waals surface area contributed by atoms with E-state index in [9.17, 15) is 0 Å². The van der Waals surface area contributed by atoms with Gasteiger partial charge in [0.25, 0.3) is 0 Å². The Morgan fingerprint density at radius 2 is 2.06 bits per heavy atom. The molecular formula is C13H14Cl2N2. The van der Waals surface area contributed by atoms with Crippen molar-refractivity contribution in [2.24, 2.45) is 11.7 Å². The van der Waals surface area contributed by atoms with Crippen LogP contribution in [-0.2, 0) is 6.42 Å². The van der Waals surface area contributed by atoms with Crippen LogP contribution in [0.5, 0.6) is 0 Å². The fraction of sp³-hybridized carbons (Fsp3) is 0.308. The zero-order valence-corrected chi connectivity index (χ0v) is 11.1. The summed E-state index contributed by atoms with van der Waals surface area (Å²) in [5.74, 6) is 0.422. The first-order chi connectivity index (χ1) is 8.10. The van der Waals surface area contributed by atoms with Gasteiger partial charge in [-0.1, -0.05) is 36.2 Å². The van der Waals surface area contributed by atoms with Crippen LogP contribution in [0.4, 0.5) is 0 Å². The Bertz CT molecular complexity index is 540. The van der Waals surface area contributed by atoms with E-state index in [0.717, 1.165) is 23.0 Å². The van der Waals surface area contributed by atoms with Gasteiger partial charge in [0.15, 0.2) is 0 Å². The van der Waals surface area contributed by atoms with Gasteiger partial charge in [0.05, 0.1) is 10.5 Å². The summed E-state index contributed by atoms with van der Waals surface area (Å²) in [6.45, 7) is 2.77. The number of hydrogen-bond donors (Lipinski definition) is 1. The summed E-state index contributed by atoms with van der Waals surface area (Å²) in [5.41, 5.74) is 7.43. The molecule has 0 saturated carbocycles. The average Bonchev–Trinajstić information content (AvgIpc) is 2.29. The monoisotopic (exact) mass is 268 g/mol. The molecule has 90 valence electrons. The highest BCUT2D eigenvalue weighted by Crippen LogP contribution is 2.26. The van der Waals surface area contributed by atoms with Crippen LogP contribution in [0.15, 0.2) is 24.3 Å². The lowest BCUT2D eigenvalue weighted by atomic mass is 10.0. The van der Waals surface area contributed by atoms with Gasteiger partial charge in [-0.2, -0.15) is 0 Å². The molecule has 0 aliphatic carbocycles. The third kappa shape index (κ3) is 2.89. The largest absolute Gasteiger partial charge is 0.330 e. The smallest absolute Gasteiger partial charge is 0.0892 e. The molecule has 1 unspecified atom stereocenters. The Kier molecular flexibility index (Phi) is 3.87. The zero-order valence-electron chi connectivity index (χ0n) is 9.58. The Balaban J connectivity index is 2.43. The normalized spacial score (nSPS) is 12.9. The van der Waals surface area contributed by atoms with Gasteiger partial charge < -0.3 is 5.73 Å². The molecule has 0 fully saturated rings. The van der Waals surface area contributed by atoms with Crippen LogP contribution >= 0.6 is 23.2 Å². The lowest BCUT2D eigenvalue weighted by Crippen LogP contribution is -2.13.